The molecule has 3 aromatic rings. The van der Waals surface area contributed by atoms with E-state index in [0.717, 1.165) is 45.2 Å². The monoisotopic (exact) mass is 647 g/mol. The van der Waals surface area contributed by atoms with Crippen molar-refractivity contribution < 1.29 is 23.5 Å². The van der Waals surface area contributed by atoms with E-state index in [0.29, 0.717) is 53.2 Å². The molecular weight excluding hydrogens is 609 g/mol. The van der Waals surface area contributed by atoms with Crippen molar-refractivity contribution in [3.05, 3.63) is 70.8 Å². The lowest BCUT2D eigenvalue weighted by Gasteiger charge is -2.59. The molecule has 11 heteroatoms. The fourth-order valence-corrected chi connectivity index (χ4v) is 7.71. The number of benzene rings is 1. The lowest BCUT2D eigenvalue weighted by Crippen LogP contribution is -2.67. The number of likely N-dealkylation sites (tertiary alicyclic amines) is 2. The summed E-state index contributed by atoms with van der Waals surface area (Å²) in [7, 11) is 2.04. The van der Waals surface area contributed by atoms with E-state index in [1.54, 1.807) is 18.3 Å². The molecule has 3 unspecified atom stereocenters. The van der Waals surface area contributed by atoms with Gasteiger partial charge in [0.15, 0.2) is 11.4 Å². The van der Waals surface area contributed by atoms with E-state index in [2.05, 4.69) is 15.2 Å². The summed E-state index contributed by atoms with van der Waals surface area (Å²) in [4.78, 5) is 40.2. The van der Waals surface area contributed by atoms with Gasteiger partial charge in [0.2, 0.25) is 11.8 Å². The number of hydrogen-bond donors (Lipinski definition) is 1. The summed E-state index contributed by atoms with van der Waals surface area (Å²) in [6.45, 7) is 5.43. The highest BCUT2D eigenvalue weighted by atomic mass is 35.5. The van der Waals surface area contributed by atoms with Crippen LogP contribution in [0.25, 0.3) is 11.3 Å². The fourth-order valence-electron chi connectivity index (χ4n) is 7.55. The molecule has 0 radical (unpaired) electrons. The highest BCUT2D eigenvalue weighted by Gasteiger charge is 2.56. The number of ether oxygens (including phenoxy) is 2. The van der Waals surface area contributed by atoms with E-state index in [-0.39, 0.29) is 52.7 Å². The van der Waals surface area contributed by atoms with E-state index in [1.165, 1.54) is 6.07 Å². The highest BCUT2D eigenvalue weighted by molar-refractivity contribution is 6.30. The summed E-state index contributed by atoms with van der Waals surface area (Å²) in [5.74, 6) is 0.137. The molecule has 1 N–H and O–H groups in total. The van der Waals surface area contributed by atoms with Crippen LogP contribution in [0.1, 0.15) is 61.0 Å². The van der Waals surface area contributed by atoms with Crippen LogP contribution >= 0.6 is 11.6 Å². The van der Waals surface area contributed by atoms with Crippen LogP contribution in [-0.4, -0.2) is 83.6 Å². The van der Waals surface area contributed by atoms with Crippen LogP contribution in [-0.2, 0) is 4.79 Å². The number of carbonyl (C=O) groups excluding carboxylic acids is 2. The molecule has 2 saturated heterocycles. The topological polar surface area (TPSA) is 96.9 Å². The number of rotatable bonds is 9. The fraction of sp³-hybridized carbons (Fsp3) is 0.486. The summed E-state index contributed by atoms with van der Waals surface area (Å²) in [5.41, 5.74) is 2.15. The van der Waals surface area contributed by atoms with E-state index < -0.39 is 0 Å². The molecule has 2 aliphatic heterocycles. The van der Waals surface area contributed by atoms with Crippen molar-refractivity contribution in [2.24, 2.45) is 11.3 Å². The second kappa shape index (κ2) is 12.4. The molecule has 46 heavy (non-hydrogen) atoms. The van der Waals surface area contributed by atoms with Gasteiger partial charge in [0.25, 0.3) is 5.91 Å². The lowest BCUT2D eigenvalue weighted by molar-refractivity contribution is -0.167. The quantitative estimate of drug-likeness (QED) is 0.335. The number of halogens is 2. The van der Waals surface area contributed by atoms with Gasteiger partial charge >= 0.3 is 0 Å². The van der Waals surface area contributed by atoms with Crippen molar-refractivity contribution >= 4 is 23.4 Å². The maximum absolute atomic E-state index is 14.6. The maximum Gasteiger partial charge on any atom is 0.274 e. The number of aromatic nitrogens is 2. The molecule has 0 bridgehead atoms. The van der Waals surface area contributed by atoms with Gasteiger partial charge in [0, 0.05) is 48.2 Å². The molecule has 7 rings (SSSR count). The van der Waals surface area contributed by atoms with Crippen molar-refractivity contribution in [2.75, 3.05) is 39.8 Å². The van der Waals surface area contributed by atoms with E-state index in [1.807, 2.05) is 43.1 Å². The first-order chi connectivity index (χ1) is 22.2. The first-order valence-corrected chi connectivity index (χ1v) is 16.6. The summed E-state index contributed by atoms with van der Waals surface area (Å²) in [5, 5.41) is 3.51. The number of likely N-dealkylation sites (N-methyl/N-ethyl adjacent to an activating group) is 1. The zero-order chi connectivity index (χ0) is 32.0. The number of hydrogen-bond acceptors (Lipinski definition) is 7. The van der Waals surface area contributed by atoms with Gasteiger partial charge in [-0.3, -0.25) is 9.59 Å². The molecule has 1 spiro atoms. The Morgan fingerprint density at radius 2 is 1.96 bits per heavy atom. The standard InChI is InChI=1S/C35H39ClFN5O4/c1-3-45-33-27(5-4-13-38-33)29-10-11-30(31(40-29)32(43)39-22-12-14-41(2)18-22)46-23-16-35(17-23)19-42(20-35)34(44)26-9-8-24(26)25-7-6-21(36)15-28(25)37/h4-7,10-11,13,15,22-24,26H,3,8-9,12,14,16-20H2,1-2H3,(H,39,43). The predicted molar refractivity (Wildman–Crippen MR) is 172 cm³/mol. The van der Waals surface area contributed by atoms with Crippen LogP contribution in [0, 0.1) is 17.2 Å². The van der Waals surface area contributed by atoms with Crippen LogP contribution in [0.15, 0.2) is 48.7 Å². The van der Waals surface area contributed by atoms with Gasteiger partial charge in [-0.05, 0) is 100 Å². The number of pyridine rings is 2. The molecule has 242 valence electrons. The van der Waals surface area contributed by atoms with E-state index >= 15 is 0 Å². The van der Waals surface area contributed by atoms with Crippen LogP contribution in [0.4, 0.5) is 4.39 Å². The SMILES string of the molecule is CCOc1ncccc1-c1ccc(OC2CC3(C2)CN(C(=O)C2CCC2c2ccc(Cl)cc2F)C3)c(C(=O)NC2CCN(C)C2)n1. The number of nitrogens with zero attached hydrogens (tertiary/aromatic N) is 4. The second-order valence-corrected chi connectivity index (χ2v) is 13.8. The summed E-state index contributed by atoms with van der Waals surface area (Å²) >= 11 is 5.93. The van der Waals surface area contributed by atoms with Crippen LogP contribution in [0.2, 0.25) is 5.02 Å². The normalized spacial score (nSPS) is 23.7. The molecule has 2 amide bonds. The zero-order valence-corrected chi connectivity index (χ0v) is 26.9. The predicted octanol–water partition coefficient (Wildman–Crippen LogP) is 5.33. The minimum Gasteiger partial charge on any atom is -0.488 e. The molecule has 2 saturated carbocycles. The third kappa shape index (κ3) is 5.93. The molecule has 4 aliphatic rings. The Hall–Kier alpha value is -3.76. The van der Waals surface area contributed by atoms with Crippen molar-refractivity contribution in [1.29, 1.82) is 0 Å². The summed E-state index contributed by atoms with van der Waals surface area (Å²) < 4.78 is 26.7. The van der Waals surface area contributed by atoms with Gasteiger partial charge in [-0.1, -0.05) is 17.7 Å². The van der Waals surface area contributed by atoms with Gasteiger partial charge < -0.3 is 24.6 Å². The van der Waals surface area contributed by atoms with Crippen LogP contribution in [0.3, 0.4) is 0 Å². The Morgan fingerprint density at radius 1 is 1.13 bits per heavy atom. The molecule has 4 fully saturated rings. The molecule has 9 nitrogen and oxygen atoms in total. The third-order valence-corrected chi connectivity index (χ3v) is 10.3. The molecule has 4 heterocycles. The number of nitrogens with one attached hydrogen (secondary N) is 1. The van der Waals surface area contributed by atoms with Gasteiger partial charge in [-0.25, -0.2) is 14.4 Å². The Morgan fingerprint density at radius 3 is 2.65 bits per heavy atom. The Bertz CT molecular complexity index is 1640. The summed E-state index contributed by atoms with van der Waals surface area (Å²) in [6.07, 6.45) is 5.64. The smallest absolute Gasteiger partial charge is 0.274 e. The zero-order valence-electron chi connectivity index (χ0n) is 26.2. The van der Waals surface area contributed by atoms with Gasteiger partial charge in [0.05, 0.1) is 17.9 Å². The number of carbonyl (C=O) groups is 2. The first kappa shape index (κ1) is 30.9. The summed E-state index contributed by atoms with van der Waals surface area (Å²) in [6, 6.07) is 12.1. The largest absolute Gasteiger partial charge is 0.488 e. The minimum absolute atomic E-state index is 0.0252. The molecule has 2 aliphatic carbocycles. The Labute approximate surface area is 273 Å². The molecule has 3 atom stereocenters. The first-order valence-electron chi connectivity index (χ1n) is 16.2. The Kier molecular flexibility index (Phi) is 8.35. The average Bonchev–Trinajstić information content (AvgIpc) is 3.39. The van der Waals surface area contributed by atoms with E-state index in [9.17, 15) is 14.0 Å². The molecular formula is C35H39ClFN5O4. The van der Waals surface area contributed by atoms with Gasteiger partial charge in [0.1, 0.15) is 11.9 Å². The minimum atomic E-state index is -0.338. The van der Waals surface area contributed by atoms with E-state index in [4.69, 9.17) is 26.1 Å². The van der Waals surface area contributed by atoms with Crippen molar-refractivity contribution in [3.8, 4) is 22.9 Å². The third-order valence-electron chi connectivity index (χ3n) is 10.1. The van der Waals surface area contributed by atoms with Gasteiger partial charge in [-0.2, -0.15) is 0 Å². The average molecular weight is 648 g/mol. The molecule has 2 aromatic heterocycles. The second-order valence-electron chi connectivity index (χ2n) is 13.4. The van der Waals surface area contributed by atoms with Crippen molar-refractivity contribution in [2.45, 2.75) is 57.1 Å². The number of amides is 2. The molecule has 1 aromatic carbocycles. The van der Waals surface area contributed by atoms with Crippen molar-refractivity contribution in [1.82, 2.24) is 25.1 Å². The van der Waals surface area contributed by atoms with Crippen molar-refractivity contribution in [3.63, 3.8) is 0 Å². The van der Waals surface area contributed by atoms with Gasteiger partial charge in [-0.15, -0.1) is 0 Å². The highest BCUT2D eigenvalue weighted by Crippen LogP contribution is 2.52. The van der Waals surface area contributed by atoms with Crippen LogP contribution in [0.5, 0.6) is 11.6 Å². The Balaban J connectivity index is 1.01. The van der Waals surface area contributed by atoms with Crippen LogP contribution < -0.4 is 14.8 Å². The lowest BCUT2D eigenvalue weighted by atomic mass is 9.60. The maximum atomic E-state index is 14.6.